The Balaban J connectivity index is 2.08. The third-order valence-electron chi connectivity index (χ3n) is 3.87. The predicted molar refractivity (Wildman–Crippen MR) is 81.0 cm³/mol. The van der Waals surface area contributed by atoms with Gasteiger partial charge in [-0.25, -0.2) is 0 Å². The Morgan fingerprint density at radius 1 is 1.48 bits per heavy atom. The van der Waals surface area contributed by atoms with E-state index >= 15 is 0 Å². The number of benzene rings is 1. The Hall–Kier alpha value is -1.59. The Kier molecular flexibility index (Phi) is 5.59. The number of likely N-dealkylation sites (tertiary alicyclic amines) is 1. The minimum absolute atomic E-state index is 0.109. The zero-order valence-corrected chi connectivity index (χ0v) is 12.8. The lowest BCUT2D eigenvalue weighted by atomic mass is 10.1. The fourth-order valence-electron chi connectivity index (χ4n) is 2.85. The van der Waals surface area contributed by atoms with E-state index in [4.69, 9.17) is 15.2 Å². The van der Waals surface area contributed by atoms with E-state index in [-0.39, 0.29) is 12.0 Å². The van der Waals surface area contributed by atoms with Gasteiger partial charge in [-0.05, 0) is 44.0 Å². The Bertz CT molecular complexity index is 490. The van der Waals surface area contributed by atoms with E-state index in [2.05, 4.69) is 11.0 Å². The molecule has 0 spiro atoms. The third-order valence-corrected chi connectivity index (χ3v) is 3.87. The van der Waals surface area contributed by atoms with E-state index in [1.165, 1.54) is 0 Å². The van der Waals surface area contributed by atoms with Crippen LogP contribution in [0.15, 0.2) is 18.2 Å². The molecule has 2 rings (SSSR count). The number of hydrogen-bond acceptors (Lipinski definition) is 5. The fraction of sp³-hybridized carbons (Fsp3) is 0.562. The van der Waals surface area contributed by atoms with Crippen molar-refractivity contribution in [2.45, 2.75) is 38.9 Å². The molecule has 2 N–H and O–H groups in total. The SMILES string of the molecule is CCOC(=O)C1CCCN1Cc1ccc(OC)c(CN)c1. The third kappa shape index (κ3) is 3.74. The predicted octanol–water partition coefficient (Wildman–Crippen LogP) is 1.68. The maximum atomic E-state index is 12.0. The van der Waals surface area contributed by atoms with Gasteiger partial charge in [-0.15, -0.1) is 0 Å². The topological polar surface area (TPSA) is 64.8 Å². The highest BCUT2D eigenvalue weighted by molar-refractivity contribution is 5.76. The van der Waals surface area contributed by atoms with Gasteiger partial charge in [0.15, 0.2) is 0 Å². The van der Waals surface area contributed by atoms with E-state index in [1.54, 1.807) is 7.11 Å². The molecule has 1 aromatic rings. The van der Waals surface area contributed by atoms with Gasteiger partial charge in [0, 0.05) is 18.7 Å². The number of methoxy groups -OCH3 is 1. The van der Waals surface area contributed by atoms with Crippen LogP contribution in [-0.2, 0) is 22.6 Å². The normalized spacial score (nSPS) is 18.7. The summed E-state index contributed by atoms with van der Waals surface area (Å²) in [6.07, 6.45) is 1.90. The second kappa shape index (κ2) is 7.43. The van der Waals surface area contributed by atoms with Crippen LogP contribution < -0.4 is 10.5 Å². The summed E-state index contributed by atoms with van der Waals surface area (Å²) in [6, 6.07) is 5.90. The van der Waals surface area contributed by atoms with Gasteiger partial charge in [0.05, 0.1) is 13.7 Å². The largest absolute Gasteiger partial charge is 0.496 e. The van der Waals surface area contributed by atoms with Gasteiger partial charge < -0.3 is 15.2 Å². The van der Waals surface area contributed by atoms with E-state index in [9.17, 15) is 4.79 Å². The van der Waals surface area contributed by atoms with Crippen molar-refractivity contribution in [2.75, 3.05) is 20.3 Å². The number of nitrogens with two attached hydrogens (primary N) is 1. The van der Waals surface area contributed by atoms with Crippen LogP contribution in [0.3, 0.4) is 0 Å². The van der Waals surface area contributed by atoms with Crippen molar-refractivity contribution in [2.24, 2.45) is 5.73 Å². The van der Waals surface area contributed by atoms with Gasteiger partial charge in [0.2, 0.25) is 0 Å². The molecular formula is C16H24N2O3. The highest BCUT2D eigenvalue weighted by atomic mass is 16.5. The maximum Gasteiger partial charge on any atom is 0.323 e. The van der Waals surface area contributed by atoms with Crippen molar-refractivity contribution in [3.63, 3.8) is 0 Å². The molecule has 0 radical (unpaired) electrons. The molecular weight excluding hydrogens is 268 g/mol. The van der Waals surface area contributed by atoms with Crippen molar-refractivity contribution in [3.05, 3.63) is 29.3 Å². The fourth-order valence-corrected chi connectivity index (χ4v) is 2.85. The molecule has 1 aliphatic rings. The quantitative estimate of drug-likeness (QED) is 0.808. The lowest BCUT2D eigenvalue weighted by molar-refractivity contribution is -0.148. The minimum atomic E-state index is -0.117. The molecule has 0 aliphatic carbocycles. The van der Waals surface area contributed by atoms with Gasteiger partial charge in [0.25, 0.3) is 0 Å². The van der Waals surface area contributed by atoms with Gasteiger partial charge in [-0.2, -0.15) is 0 Å². The van der Waals surface area contributed by atoms with E-state index in [1.807, 2.05) is 19.1 Å². The molecule has 5 nitrogen and oxygen atoms in total. The standard InChI is InChI=1S/C16H24N2O3/c1-3-21-16(19)14-5-4-8-18(14)11-12-6-7-15(20-2)13(9-12)10-17/h6-7,9,14H,3-5,8,10-11,17H2,1-2H3. The summed E-state index contributed by atoms with van der Waals surface area (Å²) < 4.78 is 10.4. The van der Waals surface area contributed by atoms with Crippen LogP contribution in [-0.4, -0.2) is 37.2 Å². The highest BCUT2D eigenvalue weighted by Gasteiger charge is 2.31. The molecule has 0 saturated carbocycles. The van der Waals surface area contributed by atoms with Crippen LogP contribution in [0.2, 0.25) is 0 Å². The molecule has 1 atom stereocenters. The smallest absolute Gasteiger partial charge is 0.323 e. The van der Waals surface area contributed by atoms with Crippen LogP contribution >= 0.6 is 0 Å². The first kappa shape index (κ1) is 15.8. The highest BCUT2D eigenvalue weighted by Crippen LogP contribution is 2.24. The Labute approximate surface area is 126 Å². The molecule has 1 unspecified atom stereocenters. The molecule has 0 aromatic heterocycles. The van der Waals surface area contributed by atoms with Gasteiger partial charge in [-0.1, -0.05) is 6.07 Å². The molecule has 1 aromatic carbocycles. The zero-order valence-electron chi connectivity index (χ0n) is 12.8. The second-order valence-corrected chi connectivity index (χ2v) is 5.23. The molecule has 116 valence electrons. The average Bonchev–Trinajstić information content (AvgIpc) is 2.95. The maximum absolute atomic E-state index is 12.0. The molecule has 0 amide bonds. The van der Waals surface area contributed by atoms with Crippen LogP contribution in [0.4, 0.5) is 0 Å². The van der Waals surface area contributed by atoms with Gasteiger partial charge >= 0.3 is 5.97 Å². The molecule has 1 fully saturated rings. The van der Waals surface area contributed by atoms with Crippen molar-refractivity contribution in [3.8, 4) is 5.75 Å². The Morgan fingerprint density at radius 3 is 2.95 bits per heavy atom. The molecule has 1 saturated heterocycles. The Morgan fingerprint density at radius 2 is 2.29 bits per heavy atom. The van der Waals surface area contributed by atoms with Crippen molar-refractivity contribution >= 4 is 5.97 Å². The number of carbonyl (C=O) groups is 1. The molecule has 1 heterocycles. The summed E-state index contributed by atoms with van der Waals surface area (Å²) in [5.74, 6) is 0.701. The van der Waals surface area contributed by atoms with Crippen molar-refractivity contribution < 1.29 is 14.3 Å². The van der Waals surface area contributed by atoms with Gasteiger partial charge in [-0.3, -0.25) is 9.69 Å². The van der Waals surface area contributed by atoms with Crippen molar-refractivity contribution in [1.29, 1.82) is 0 Å². The van der Waals surface area contributed by atoms with Crippen LogP contribution in [0, 0.1) is 0 Å². The van der Waals surface area contributed by atoms with E-state index in [0.717, 1.165) is 42.8 Å². The first-order valence-corrected chi connectivity index (χ1v) is 7.46. The van der Waals surface area contributed by atoms with Crippen molar-refractivity contribution in [1.82, 2.24) is 4.90 Å². The van der Waals surface area contributed by atoms with E-state index in [0.29, 0.717) is 13.2 Å². The average molecular weight is 292 g/mol. The number of nitrogens with zero attached hydrogens (tertiary/aromatic N) is 1. The lowest BCUT2D eigenvalue weighted by Gasteiger charge is -2.23. The second-order valence-electron chi connectivity index (χ2n) is 5.23. The van der Waals surface area contributed by atoms with Crippen LogP contribution in [0.5, 0.6) is 5.75 Å². The first-order valence-electron chi connectivity index (χ1n) is 7.46. The monoisotopic (exact) mass is 292 g/mol. The number of rotatable bonds is 6. The number of esters is 1. The summed E-state index contributed by atoms with van der Waals surface area (Å²) in [5.41, 5.74) is 7.88. The summed E-state index contributed by atoms with van der Waals surface area (Å²) >= 11 is 0. The first-order chi connectivity index (χ1) is 10.2. The molecule has 0 bridgehead atoms. The van der Waals surface area contributed by atoms with E-state index < -0.39 is 0 Å². The number of hydrogen-bond donors (Lipinski definition) is 1. The lowest BCUT2D eigenvalue weighted by Crippen LogP contribution is -2.36. The zero-order chi connectivity index (χ0) is 15.2. The van der Waals surface area contributed by atoms with Crippen LogP contribution in [0.25, 0.3) is 0 Å². The number of ether oxygens (including phenoxy) is 2. The van der Waals surface area contributed by atoms with Crippen LogP contribution in [0.1, 0.15) is 30.9 Å². The summed E-state index contributed by atoms with van der Waals surface area (Å²) in [6.45, 7) is 4.38. The van der Waals surface area contributed by atoms with Gasteiger partial charge in [0.1, 0.15) is 11.8 Å². The summed E-state index contributed by atoms with van der Waals surface area (Å²) in [5, 5.41) is 0. The summed E-state index contributed by atoms with van der Waals surface area (Å²) in [7, 11) is 1.64. The summed E-state index contributed by atoms with van der Waals surface area (Å²) in [4.78, 5) is 14.1. The molecule has 1 aliphatic heterocycles. The minimum Gasteiger partial charge on any atom is -0.496 e. The molecule has 5 heteroatoms. The molecule has 21 heavy (non-hydrogen) atoms. The number of carbonyl (C=O) groups excluding carboxylic acids is 1.